The van der Waals surface area contributed by atoms with Gasteiger partial charge in [-0.3, -0.25) is 0 Å². The zero-order valence-corrected chi connectivity index (χ0v) is 7.15. The second kappa shape index (κ2) is 1.49. The van der Waals surface area contributed by atoms with E-state index in [-0.39, 0.29) is 0 Å². The van der Waals surface area contributed by atoms with Crippen LogP contribution in [-0.2, 0) is 0 Å². The second-order valence-electron chi connectivity index (χ2n) is 4.78. The Morgan fingerprint density at radius 3 is 2.20 bits per heavy atom. The van der Waals surface area contributed by atoms with Crippen LogP contribution in [-0.4, -0.2) is 0 Å². The molecular formula is C10H16. The summed E-state index contributed by atoms with van der Waals surface area (Å²) in [6.07, 6.45) is 7.65. The zero-order chi connectivity index (χ0) is 7.41. The van der Waals surface area contributed by atoms with Crippen LogP contribution in [0.15, 0.2) is 12.2 Å². The average Bonchev–Trinajstić information content (AvgIpc) is 2.17. The standard InChI is InChI=1S/C10H16/c1-8-6-9(2)4-5-10(8,3)7-9/h4-5,8H,6-7H2,1-3H3. The van der Waals surface area contributed by atoms with Crippen molar-refractivity contribution < 1.29 is 0 Å². The fraction of sp³-hybridized carbons (Fsp3) is 0.800. The van der Waals surface area contributed by atoms with E-state index in [0.717, 1.165) is 5.92 Å². The first-order valence-corrected chi connectivity index (χ1v) is 4.25. The molecule has 0 aromatic rings. The lowest BCUT2D eigenvalue weighted by atomic mass is 9.81. The van der Waals surface area contributed by atoms with Crippen LogP contribution >= 0.6 is 0 Å². The minimum Gasteiger partial charge on any atom is -0.0820 e. The van der Waals surface area contributed by atoms with E-state index in [1.807, 2.05) is 0 Å². The monoisotopic (exact) mass is 136 g/mol. The second-order valence-corrected chi connectivity index (χ2v) is 4.78. The van der Waals surface area contributed by atoms with Crippen LogP contribution in [0.3, 0.4) is 0 Å². The summed E-state index contributed by atoms with van der Waals surface area (Å²) in [5, 5.41) is 0. The van der Waals surface area contributed by atoms with E-state index in [1.165, 1.54) is 12.8 Å². The number of hydrogen-bond acceptors (Lipinski definition) is 0. The number of hydrogen-bond donors (Lipinski definition) is 0. The van der Waals surface area contributed by atoms with E-state index in [2.05, 4.69) is 32.9 Å². The molecule has 2 aliphatic carbocycles. The highest BCUT2D eigenvalue weighted by atomic mass is 14.5. The van der Waals surface area contributed by atoms with Gasteiger partial charge in [0, 0.05) is 0 Å². The van der Waals surface area contributed by atoms with Gasteiger partial charge in [-0.15, -0.1) is 0 Å². The van der Waals surface area contributed by atoms with Crippen molar-refractivity contribution in [3.63, 3.8) is 0 Å². The molecule has 0 aliphatic heterocycles. The predicted octanol–water partition coefficient (Wildman–Crippen LogP) is 3.00. The molecule has 2 aliphatic rings. The lowest BCUT2D eigenvalue weighted by molar-refractivity contribution is 0.334. The molecule has 1 fully saturated rings. The van der Waals surface area contributed by atoms with Crippen molar-refractivity contribution in [3.05, 3.63) is 12.2 Å². The molecule has 0 aromatic carbocycles. The summed E-state index contributed by atoms with van der Waals surface area (Å²) in [5.41, 5.74) is 1.11. The summed E-state index contributed by atoms with van der Waals surface area (Å²) in [7, 11) is 0. The number of fused-ring (bicyclic) bond motifs is 2. The van der Waals surface area contributed by atoms with Crippen molar-refractivity contribution in [1.29, 1.82) is 0 Å². The molecule has 2 bridgehead atoms. The summed E-state index contributed by atoms with van der Waals surface area (Å²) >= 11 is 0. The lowest BCUT2D eigenvalue weighted by Crippen LogP contribution is -2.15. The Bertz CT molecular complexity index is 192. The fourth-order valence-corrected chi connectivity index (χ4v) is 2.79. The lowest BCUT2D eigenvalue weighted by Gasteiger charge is -2.24. The Balaban J connectivity index is 2.38. The zero-order valence-electron chi connectivity index (χ0n) is 7.15. The van der Waals surface area contributed by atoms with Crippen molar-refractivity contribution in [3.8, 4) is 0 Å². The molecule has 0 saturated heterocycles. The van der Waals surface area contributed by atoms with Crippen molar-refractivity contribution >= 4 is 0 Å². The molecule has 10 heavy (non-hydrogen) atoms. The van der Waals surface area contributed by atoms with Crippen molar-refractivity contribution in [1.82, 2.24) is 0 Å². The van der Waals surface area contributed by atoms with Crippen molar-refractivity contribution in [2.75, 3.05) is 0 Å². The highest BCUT2D eigenvalue weighted by Crippen LogP contribution is 2.59. The maximum Gasteiger partial charge on any atom is -0.0112 e. The molecule has 0 N–H and O–H groups in total. The summed E-state index contributed by atoms with van der Waals surface area (Å²) in [6.45, 7) is 7.17. The quantitative estimate of drug-likeness (QED) is 0.449. The largest absolute Gasteiger partial charge is 0.0820 e. The topological polar surface area (TPSA) is 0 Å². The van der Waals surface area contributed by atoms with Gasteiger partial charge in [0.25, 0.3) is 0 Å². The van der Waals surface area contributed by atoms with Crippen LogP contribution in [0.25, 0.3) is 0 Å². The minimum atomic E-state index is 0.550. The Morgan fingerprint density at radius 1 is 1.30 bits per heavy atom. The van der Waals surface area contributed by atoms with Crippen LogP contribution in [0.5, 0.6) is 0 Å². The molecule has 0 radical (unpaired) electrons. The van der Waals surface area contributed by atoms with Gasteiger partial charge in [0.05, 0.1) is 0 Å². The molecule has 3 unspecified atom stereocenters. The van der Waals surface area contributed by atoms with Crippen molar-refractivity contribution in [2.24, 2.45) is 16.7 Å². The predicted molar refractivity (Wildman–Crippen MR) is 43.8 cm³/mol. The average molecular weight is 136 g/mol. The van der Waals surface area contributed by atoms with Gasteiger partial charge in [-0.2, -0.15) is 0 Å². The van der Waals surface area contributed by atoms with Crippen LogP contribution in [0.2, 0.25) is 0 Å². The van der Waals surface area contributed by atoms with E-state index in [0.29, 0.717) is 10.8 Å². The Kier molecular flexibility index (Phi) is 0.962. The van der Waals surface area contributed by atoms with Crippen LogP contribution in [0.1, 0.15) is 33.6 Å². The van der Waals surface area contributed by atoms with Gasteiger partial charge >= 0.3 is 0 Å². The van der Waals surface area contributed by atoms with Gasteiger partial charge in [-0.25, -0.2) is 0 Å². The maximum absolute atomic E-state index is 2.43. The molecule has 0 amide bonds. The summed E-state index contributed by atoms with van der Waals surface area (Å²) < 4.78 is 0. The van der Waals surface area contributed by atoms with E-state index >= 15 is 0 Å². The molecule has 0 spiro atoms. The third-order valence-corrected chi connectivity index (χ3v) is 3.55. The fourth-order valence-electron chi connectivity index (χ4n) is 2.79. The number of allylic oxidation sites excluding steroid dienone is 2. The molecular weight excluding hydrogens is 120 g/mol. The van der Waals surface area contributed by atoms with Gasteiger partial charge < -0.3 is 0 Å². The van der Waals surface area contributed by atoms with Gasteiger partial charge in [-0.05, 0) is 29.6 Å². The molecule has 0 heterocycles. The van der Waals surface area contributed by atoms with E-state index in [4.69, 9.17) is 0 Å². The summed E-state index contributed by atoms with van der Waals surface area (Å²) in [6, 6.07) is 0. The number of rotatable bonds is 0. The van der Waals surface area contributed by atoms with Crippen LogP contribution in [0.4, 0.5) is 0 Å². The Morgan fingerprint density at radius 2 is 2.00 bits per heavy atom. The molecule has 1 saturated carbocycles. The summed E-state index contributed by atoms with van der Waals surface area (Å²) in [5.74, 6) is 0.905. The van der Waals surface area contributed by atoms with Gasteiger partial charge in [0.2, 0.25) is 0 Å². The molecule has 0 nitrogen and oxygen atoms in total. The van der Waals surface area contributed by atoms with E-state index in [1.54, 1.807) is 0 Å². The summed E-state index contributed by atoms with van der Waals surface area (Å²) in [4.78, 5) is 0. The van der Waals surface area contributed by atoms with E-state index in [9.17, 15) is 0 Å². The minimum absolute atomic E-state index is 0.550. The molecule has 56 valence electrons. The third-order valence-electron chi connectivity index (χ3n) is 3.55. The first-order valence-electron chi connectivity index (χ1n) is 4.25. The van der Waals surface area contributed by atoms with Gasteiger partial charge in [0.15, 0.2) is 0 Å². The third kappa shape index (κ3) is 0.624. The smallest absolute Gasteiger partial charge is 0.0112 e. The maximum atomic E-state index is 2.43. The highest BCUT2D eigenvalue weighted by molar-refractivity contribution is 5.21. The van der Waals surface area contributed by atoms with Crippen molar-refractivity contribution in [2.45, 2.75) is 33.6 Å². The molecule has 2 rings (SSSR count). The first kappa shape index (κ1) is 6.45. The Labute approximate surface area is 63.3 Å². The van der Waals surface area contributed by atoms with Crippen LogP contribution < -0.4 is 0 Å². The van der Waals surface area contributed by atoms with Gasteiger partial charge in [-0.1, -0.05) is 32.9 Å². The Hall–Kier alpha value is -0.260. The van der Waals surface area contributed by atoms with E-state index < -0.39 is 0 Å². The first-order chi connectivity index (χ1) is 4.54. The van der Waals surface area contributed by atoms with Gasteiger partial charge in [0.1, 0.15) is 0 Å². The van der Waals surface area contributed by atoms with Crippen LogP contribution in [0, 0.1) is 16.7 Å². The normalized spacial score (nSPS) is 58.1. The molecule has 3 atom stereocenters. The molecule has 0 heteroatoms. The molecule has 0 aromatic heterocycles. The SMILES string of the molecule is CC1CC2(C)C=CC1(C)C2. The highest BCUT2D eigenvalue weighted by Gasteiger charge is 2.49.